The van der Waals surface area contributed by atoms with E-state index in [0.717, 1.165) is 17.5 Å². The summed E-state index contributed by atoms with van der Waals surface area (Å²) in [4.78, 5) is 14.1. The summed E-state index contributed by atoms with van der Waals surface area (Å²) in [6, 6.07) is 7.70. The molecule has 0 saturated carbocycles. The van der Waals surface area contributed by atoms with Crippen molar-refractivity contribution in [3.63, 3.8) is 0 Å². The van der Waals surface area contributed by atoms with Gasteiger partial charge in [0.15, 0.2) is 0 Å². The molecule has 1 N–H and O–H groups in total. The van der Waals surface area contributed by atoms with E-state index in [0.29, 0.717) is 32.7 Å². The van der Waals surface area contributed by atoms with Gasteiger partial charge in [0.25, 0.3) is 5.91 Å². The van der Waals surface area contributed by atoms with Crippen LogP contribution in [0.25, 0.3) is 0 Å². The summed E-state index contributed by atoms with van der Waals surface area (Å²) in [6.07, 6.45) is 1.47. The van der Waals surface area contributed by atoms with Crippen molar-refractivity contribution in [1.82, 2.24) is 4.90 Å². The summed E-state index contributed by atoms with van der Waals surface area (Å²) in [7, 11) is 0. The predicted octanol–water partition coefficient (Wildman–Crippen LogP) is 0.836. The number of amides is 1. The zero-order valence-corrected chi connectivity index (χ0v) is 10.3. The standard InChI is InChI=1S/C14H17NO3/c16-13-12-4-2-1-3-11(12)5-7-15(13)9-14(17)6-8-18-10-14/h1-4,17H,5-10H2. The van der Waals surface area contributed by atoms with Gasteiger partial charge >= 0.3 is 0 Å². The zero-order valence-electron chi connectivity index (χ0n) is 10.3. The Morgan fingerprint density at radius 2 is 2.22 bits per heavy atom. The Kier molecular flexibility index (Phi) is 2.84. The van der Waals surface area contributed by atoms with Gasteiger partial charge in [-0.1, -0.05) is 18.2 Å². The van der Waals surface area contributed by atoms with Crippen LogP contribution in [0.5, 0.6) is 0 Å². The number of rotatable bonds is 2. The van der Waals surface area contributed by atoms with Gasteiger partial charge in [0, 0.05) is 25.1 Å². The molecule has 2 heterocycles. The van der Waals surface area contributed by atoms with Crippen LogP contribution in [0, 0.1) is 0 Å². The third-order valence-corrected chi connectivity index (χ3v) is 3.75. The molecule has 0 bridgehead atoms. The summed E-state index contributed by atoms with van der Waals surface area (Å²) >= 11 is 0. The Bertz CT molecular complexity index is 466. The first-order valence-electron chi connectivity index (χ1n) is 6.35. The monoisotopic (exact) mass is 247 g/mol. The maximum absolute atomic E-state index is 12.3. The van der Waals surface area contributed by atoms with E-state index < -0.39 is 5.60 Å². The summed E-state index contributed by atoms with van der Waals surface area (Å²) in [5.41, 5.74) is 1.02. The van der Waals surface area contributed by atoms with E-state index in [1.54, 1.807) is 4.90 Å². The van der Waals surface area contributed by atoms with Crippen LogP contribution in [-0.4, -0.2) is 47.8 Å². The SMILES string of the molecule is O=C1c2ccccc2CCN1CC1(O)CCOC1. The lowest BCUT2D eigenvalue weighted by atomic mass is 9.96. The second-order valence-corrected chi connectivity index (χ2v) is 5.16. The fraction of sp³-hybridized carbons (Fsp3) is 0.500. The molecule has 96 valence electrons. The highest BCUT2D eigenvalue weighted by atomic mass is 16.5. The van der Waals surface area contributed by atoms with Crippen molar-refractivity contribution in [3.8, 4) is 0 Å². The van der Waals surface area contributed by atoms with Crippen LogP contribution in [-0.2, 0) is 11.2 Å². The van der Waals surface area contributed by atoms with Crippen molar-refractivity contribution in [1.29, 1.82) is 0 Å². The van der Waals surface area contributed by atoms with E-state index in [4.69, 9.17) is 4.74 Å². The first kappa shape index (κ1) is 11.7. The molecule has 1 aromatic carbocycles. The van der Waals surface area contributed by atoms with Gasteiger partial charge in [0.05, 0.1) is 13.2 Å². The Balaban J connectivity index is 1.78. The van der Waals surface area contributed by atoms with Crippen molar-refractivity contribution in [2.75, 3.05) is 26.3 Å². The number of carbonyl (C=O) groups excluding carboxylic acids is 1. The maximum atomic E-state index is 12.3. The third-order valence-electron chi connectivity index (χ3n) is 3.75. The molecule has 1 atom stereocenters. The molecule has 0 spiro atoms. The Morgan fingerprint density at radius 1 is 1.39 bits per heavy atom. The Morgan fingerprint density at radius 3 is 3.00 bits per heavy atom. The molecule has 0 aliphatic carbocycles. The average molecular weight is 247 g/mol. The van der Waals surface area contributed by atoms with Crippen LogP contribution in [0.2, 0.25) is 0 Å². The molecule has 1 amide bonds. The van der Waals surface area contributed by atoms with E-state index >= 15 is 0 Å². The second-order valence-electron chi connectivity index (χ2n) is 5.16. The smallest absolute Gasteiger partial charge is 0.254 e. The molecular formula is C14H17NO3. The number of carbonyl (C=O) groups is 1. The van der Waals surface area contributed by atoms with E-state index in [1.165, 1.54) is 0 Å². The summed E-state index contributed by atoms with van der Waals surface area (Å²) < 4.78 is 5.22. The number of hydrogen-bond donors (Lipinski definition) is 1. The zero-order chi connectivity index (χ0) is 12.6. The van der Waals surface area contributed by atoms with Gasteiger partial charge in [-0.15, -0.1) is 0 Å². The molecular weight excluding hydrogens is 230 g/mol. The van der Waals surface area contributed by atoms with E-state index in [2.05, 4.69) is 0 Å². The second kappa shape index (κ2) is 4.37. The first-order chi connectivity index (χ1) is 8.68. The molecule has 1 saturated heterocycles. The first-order valence-corrected chi connectivity index (χ1v) is 6.35. The van der Waals surface area contributed by atoms with Gasteiger partial charge < -0.3 is 14.7 Å². The minimum atomic E-state index is -0.859. The van der Waals surface area contributed by atoms with E-state index in [-0.39, 0.29) is 5.91 Å². The molecule has 2 aliphatic heterocycles. The molecule has 2 aliphatic rings. The topological polar surface area (TPSA) is 49.8 Å². The lowest BCUT2D eigenvalue weighted by Crippen LogP contribution is -2.48. The number of benzene rings is 1. The molecule has 0 aromatic heterocycles. The number of aliphatic hydroxyl groups is 1. The Labute approximate surface area is 106 Å². The van der Waals surface area contributed by atoms with Gasteiger partial charge in [-0.3, -0.25) is 4.79 Å². The van der Waals surface area contributed by atoms with Crippen LogP contribution in [0.15, 0.2) is 24.3 Å². The minimum Gasteiger partial charge on any atom is -0.386 e. The average Bonchev–Trinajstić information content (AvgIpc) is 2.80. The molecule has 4 nitrogen and oxygen atoms in total. The van der Waals surface area contributed by atoms with Crippen molar-refractivity contribution in [2.45, 2.75) is 18.4 Å². The highest BCUT2D eigenvalue weighted by Gasteiger charge is 2.37. The highest BCUT2D eigenvalue weighted by molar-refractivity contribution is 5.96. The third kappa shape index (κ3) is 2.02. The molecule has 0 radical (unpaired) electrons. The molecule has 1 fully saturated rings. The van der Waals surface area contributed by atoms with Crippen molar-refractivity contribution < 1.29 is 14.6 Å². The fourth-order valence-corrected chi connectivity index (χ4v) is 2.70. The minimum absolute atomic E-state index is 0.0252. The van der Waals surface area contributed by atoms with Gasteiger partial charge in [0.1, 0.15) is 5.60 Å². The molecule has 4 heteroatoms. The van der Waals surface area contributed by atoms with Crippen LogP contribution in [0.4, 0.5) is 0 Å². The molecule has 18 heavy (non-hydrogen) atoms. The summed E-state index contributed by atoms with van der Waals surface area (Å²) in [5, 5.41) is 10.3. The number of hydrogen-bond acceptors (Lipinski definition) is 3. The van der Waals surface area contributed by atoms with Gasteiger partial charge in [-0.05, 0) is 18.1 Å². The highest BCUT2D eigenvalue weighted by Crippen LogP contribution is 2.24. The van der Waals surface area contributed by atoms with Crippen LogP contribution >= 0.6 is 0 Å². The Hall–Kier alpha value is -1.39. The fourth-order valence-electron chi connectivity index (χ4n) is 2.70. The lowest BCUT2D eigenvalue weighted by Gasteiger charge is -2.33. The largest absolute Gasteiger partial charge is 0.386 e. The molecule has 1 aromatic rings. The van der Waals surface area contributed by atoms with Gasteiger partial charge in [-0.2, -0.15) is 0 Å². The van der Waals surface area contributed by atoms with Crippen LogP contribution in [0.3, 0.4) is 0 Å². The lowest BCUT2D eigenvalue weighted by molar-refractivity contribution is -0.00306. The molecule has 1 unspecified atom stereocenters. The van der Waals surface area contributed by atoms with Crippen molar-refractivity contribution in [2.24, 2.45) is 0 Å². The van der Waals surface area contributed by atoms with Crippen molar-refractivity contribution >= 4 is 5.91 Å². The number of ether oxygens (including phenoxy) is 1. The molecule has 3 rings (SSSR count). The van der Waals surface area contributed by atoms with E-state index in [9.17, 15) is 9.90 Å². The predicted molar refractivity (Wildman–Crippen MR) is 66.4 cm³/mol. The van der Waals surface area contributed by atoms with Gasteiger partial charge in [0.2, 0.25) is 0 Å². The summed E-state index contributed by atoms with van der Waals surface area (Å²) in [5.74, 6) is 0.0252. The normalized spacial score (nSPS) is 27.4. The quantitative estimate of drug-likeness (QED) is 0.842. The van der Waals surface area contributed by atoms with Crippen LogP contribution in [0.1, 0.15) is 22.3 Å². The number of fused-ring (bicyclic) bond motifs is 1. The summed E-state index contributed by atoms with van der Waals surface area (Å²) in [6.45, 7) is 1.96. The van der Waals surface area contributed by atoms with E-state index in [1.807, 2.05) is 24.3 Å². The van der Waals surface area contributed by atoms with Gasteiger partial charge in [-0.25, -0.2) is 0 Å². The maximum Gasteiger partial charge on any atom is 0.254 e. The van der Waals surface area contributed by atoms with Crippen LogP contribution < -0.4 is 0 Å². The van der Waals surface area contributed by atoms with Crippen molar-refractivity contribution in [3.05, 3.63) is 35.4 Å². The number of β-amino-alcohol motifs (C(OH)–C–C–N with tert-alkyl or cyclic N) is 1. The number of nitrogens with zero attached hydrogens (tertiary/aromatic N) is 1.